The van der Waals surface area contributed by atoms with Gasteiger partial charge in [0.2, 0.25) is 0 Å². The summed E-state index contributed by atoms with van der Waals surface area (Å²) in [6.45, 7) is 6.28. The number of fused-ring (bicyclic) bond motifs is 3. The summed E-state index contributed by atoms with van der Waals surface area (Å²) in [6, 6.07) is 34.8. The van der Waals surface area contributed by atoms with Gasteiger partial charge in [0.15, 0.2) is 0 Å². The second-order valence-electron chi connectivity index (χ2n) is 9.06. The Bertz CT molecular complexity index is 1580. The third kappa shape index (κ3) is 3.76. The second-order valence-corrected chi connectivity index (χ2v) is 9.06. The zero-order valence-corrected chi connectivity index (χ0v) is 19.7. The van der Waals surface area contributed by atoms with Crippen LogP contribution in [0, 0.1) is 0 Å². The Morgan fingerprint density at radius 1 is 0.629 bits per heavy atom. The van der Waals surface area contributed by atoms with Crippen molar-refractivity contribution < 1.29 is 4.74 Å². The van der Waals surface area contributed by atoms with Crippen LogP contribution in [0.15, 0.2) is 134 Å². The Balaban J connectivity index is 1.67. The Hall–Kier alpha value is -4.36. The number of rotatable bonds is 2. The minimum Gasteiger partial charge on any atom is -0.458 e. The predicted molar refractivity (Wildman–Crippen MR) is 149 cm³/mol. The molecule has 5 aromatic rings. The van der Waals surface area contributed by atoms with Gasteiger partial charge in [-0.3, -0.25) is 0 Å². The van der Waals surface area contributed by atoms with Crippen LogP contribution < -0.4 is 4.74 Å². The number of hydrogen-bond donors (Lipinski definition) is 0. The van der Waals surface area contributed by atoms with E-state index in [1.165, 1.54) is 38.2 Å². The van der Waals surface area contributed by atoms with Crippen LogP contribution in [0.1, 0.15) is 18.4 Å². The summed E-state index contributed by atoms with van der Waals surface area (Å²) in [6.07, 6.45) is 8.14. The molecule has 0 amide bonds. The van der Waals surface area contributed by atoms with Gasteiger partial charge >= 0.3 is 0 Å². The van der Waals surface area contributed by atoms with E-state index in [1.54, 1.807) is 0 Å². The SMILES string of the molecule is C=C1/C=C\C=C/C(C)c2ccc(-c3c4ccccc4c(-c4ccccc4)c4ccccc34)cc2O1. The van der Waals surface area contributed by atoms with Crippen molar-refractivity contribution in [3.8, 4) is 28.0 Å². The van der Waals surface area contributed by atoms with Crippen LogP contribution in [0.4, 0.5) is 0 Å². The zero-order valence-electron chi connectivity index (χ0n) is 19.7. The van der Waals surface area contributed by atoms with Crippen LogP contribution >= 0.6 is 0 Å². The van der Waals surface area contributed by atoms with Gasteiger partial charge < -0.3 is 4.74 Å². The standard InChI is InChI=1S/C34H26O/c1-23-12-6-7-13-24(2)35-32-22-26(20-21-27(23)32)34-30-18-10-8-16-28(30)33(25-14-4-3-5-15-25)29-17-9-11-19-31(29)34/h3-23H,2H2,1H3/b12-6-,13-7-. The van der Waals surface area contributed by atoms with Crippen molar-refractivity contribution in [1.29, 1.82) is 0 Å². The van der Waals surface area contributed by atoms with Crippen LogP contribution in [-0.4, -0.2) is 0 Å². The Morgan fingerprint density at radius 2 is 1.20 bits per heavy atom. The topological polar surface area (TPSA) is 9.23 Å². The molecule has 35 heavy (non-hydrogen) atoms. The van der Waals surface area contributed by atoms with E-state index in [4.69, 9.17) is 4.74 Å². The monoisotopic (exact) mass is 450 g/mol. The summed E-state index contributed by atoms with van der Waals surface area (Å²) >= 11 is 0. The lowest BCUT2D eigenvalue weighted by Gasteiger charge is -2.20. The van der Waals surface area contributed by atoms with Crippen molar-refractivity contribution in [2.75, 3.05) is 0 Å². The van der Waals surface area contributed by atoms with Crippen molar-refractivity contribution >= 4 is 21.5 Å². The van der Waals surface area contributed by atoms with Crippen molar-refractivity contribution in [2.45, 2.75) is 12.8 Å². The molecule has 0 N–H and O–H groups in total. The van der Waals surface area contributed by atoms with Crippen LogP contribution in [-0.2, 0) is 0 Å². The first kappa shape index (κ1) is 21.2. The first-order chi connectivity index (χ1) is 17.2. The lowest BCUT2D eigenvalue weighted by atomic mass is 9.85. The molecule has 5 aromatic carbocycles. The van der Waals surface area contributed by atoms with Gasteiger partial charge in [-0.1, -0.05) is 123 Å². The first-order valence-corrected chi connectivity index (χ1v) is 12.1. The molecule has 0 bridgehead atoms. The summed E-state index contributed by atoms with van der Waals surface area (Å²) in [4.78, 5) is 0. The fraction of sp³-hybridized carbons (Fsp3) is 0.0588. The van der Waals surface area contributed by atoms with Gasteiger partial charge in [-0.05, 0) is 55.9 Å². The fourth-order valence-corrected chi connectivity index (χ4v) is 5.18. The molecule has 0 saturated heterocycles. The van der Waals surface area contributed by atoms with E-state index in [2.05, 4.69) is 123 Å². The van der Waals surface area contributed by atoms with Crippen LogP contribution in [0.25, 0.3) is 43.8 Å². The van der Waals surface area contributed by atoms with E-state index in [-0.39, 0.29) is 5.92 Å². The van der Waals surface area contributed by atoms with E-state index < -0.39 is 0 Å². The molecule has 6 rings (SSSR count). The first-order valence-electron chi connectivity index (χ1n) is 12.1. The lowest BCUT2D eigenvalue weighted by molar-refractivity contribution is 0.441. The van der Waals surface area contributed by atoms with E-state index in [0.717, 1.165) is 16.9 Å². The maximum Gasteiger partial charge on any atom is 0.131 e. The summed E-state index contributed by atoms with van der Waals surface area (Å²) in [5, 5.41) is 4.97. The highest BCUT2D eigenvalue weighted by Crippen LogP contribution is 2.45. The van der Waals surface area contributed by atoms with Gasteiger partial charge in [-0.2, -0.15) is 0 Å². The van der Waals surface area contributed by atoms with E-state index >= 15 is 0 Å². The van der Waals surface area contributed by atoms with Crippen molar-refractivity contribution in [1.82, 2.24) is 0 Å². The van der Waals surface area contributed by atoms with Gasteiger partial charge in [0, 0.05) is 11.5 Å². The molecule has 168 valence electrons. The molecule has 0 radical (unpaired) electrons. The third-order valence-electron chi connectivity index (χ3n) is 6.82. The highest BCUT2D eigenvalue weighted by molar-refractivity contribution is 6.21. The number of hydrogen-bond acceptors (Lipinski definition) is 1. The highest BCUT2D eigenvalue weighted by atomic mass is 16.5. The second kappa shape index (κ2) is 8.77. The minimum absolute atomic E-state index is 0.239. The summed E-state index contributed by atoms with van der Waals surface area (Å²) in [5.41, 5.74) is 6.03. The largest absolute Gasteiger partial charge is 0.458 e. The quantitative estimate of drug-likeness (QED) is 0.243. The maximum absolute atomic E-state index is 6.25. The molecule has 0 spiro atoms. The molecular weight excluding hydrogens is 424 g/mol. The summed E-state index contributed by atoms with van der Waals surface area (Å²) in [7, 11) is 0. The molecular formula is C34H26O. The van der Waals surface area contributed by atoms with Crippen LogP contribution in [0.3, 0.4) is 0 Å². The third-order valence-corrected chi connectivity index (χ3v) is 6.82. The predicted octanol–water partition coefficient (Wildman–Crippen LogP) is 9.45. The van der Waals surface area contributed by atoms with Gasteiger partial charge in [0.05, 0.1) is 0 Å². The normalized spacial score (nSPS) is 17.2. The molecule has 1 unspecified atom stereocenters. The summed E-state index contributed by atoms with van der Waals surface area (Å²) in [5.74, 6) is 1.73. The molecule has 0 aromatic heterocycles. The van der Waals surface area contributed by atoms with Crippen LogP contribution in [0.2, 0.25) is 0 Å². The zero-order chi connectivity index (χ0) is 23.8. The number of ether oxygens (including phenoxy) is 1. The van der Waals surface area contributed by atoms with Crippen molar-refractivity contribution in [3.05, 3.63) is 139 Å². The Kier molecular flexibility index (Phi) is 5.31. The van der Waals surface area contributed by atoms with Gasteiger partial charge in [0.25, 0.3) is 0 Å². The Labute approximate surface area is 206 Å². The molecule has 1 aliphatic heterocycles. The molecule has 0 aliphatic carbocycles. The lowest BCUT2D eigenvalue weighted by Crippen LogP contribution is -1.98. The van der Waals surface area contributed by atoms with Crippen molar-refractivity contribution in [3.63, 3.8) is 0 Å². The fourth-order valence-electron chi connectivity index (χ4n) is 5.18. The average Bonchev–Trinajstić information content (AvgIpc) is 2.96. The van der Waals surface area contributed by atoms with Gasteiger partial charge in [-0.15, -0.1) is 0 Å². The maximum atomic E-state index is 6.25. The van der Waals surface area contributed by atoms with Crippen LogP contribution in [0.5, 0.6) is 5.75 Å². The van der Waals surface area contributed by atoms with Crippen molar-refractivity contribution in [2.24, 2.45) is 0 Å². The summed E-state index contributed by atoms with van der Waals surface area (Å²) < 4.78 is 6.25. The van der Waals surface area contributed by atoms with E-state index in [9.17, 15) is 0 Å². The molecule has 1 aliphatic rings. The molecule has 1 heterocycles. The average molecular weight is 451 g/mol. The number of allylic oxidation sites excluding steroid dienone is 4. The molecule has 0 saturated carbocycles. The molecule has 1 nitrogen and oxygen atoms in total. The molecule has 0 fully saturated rings. The highest BCUT2D eigenvalue weighted by Gasteiger charge is 2.18. The Morgan fingerprint density at radius 3 is 1.83 bits per heavy atom. The van der Waals surface area contributed by atoms with Gasteiger partial charge in [-0.25, -0.2) is 0 Å². The van der Waals surface area contributed by atoms with E-state index in [0.29, 0.717) is 5.76 Å². The van der Waals surface area contributed by atoms with E-state index in [1.807, 2.05) is 12.2 Å². The van der Waals surface area contributed by atoms with Gasteiger partial charge in [0.1, 0.15) is 11.5 Å². The molecule has 1 heteroatoms. The molecule has 1 atom stereocenters. The number of benzene rings is 5. The smallest absolute Gasteiger partial charge is 0.131 e. The minimum atomic E-state index is 0.239.